The maximum absolute atomic E-state index is 11.3. The topological polar surface area (TPSA) is 49.3 Å². The van der Waals surface area contributed by atoms with Crippen molar-refractivity contribution in [3.8, 4) is 0 Å². The molecular formula is C13H17NO2. The van der Waals surface area contributed by atoms with Gasteiger partial charge in [0.2, 0.25) is 0 Å². The highest BCUT2D eigenvalue weighted by molar-refractivity contribution is 5.82. The number of hydrogen-bond donors (Lipinski definition) is 2. The zero-order chi connectivity index (χ0) is 11.9. The molecule has 0 fully saturated rings. The first-order valence-corrected chi connectivity index (χ1v) is 5.55. The van der Waals surface area contributed by atoms with E-state index in [4.69, 9.17) is 0 Å². The van der Waals surface area contributed by atoms with Crippen LogP contribution in [0, 0.1) is 0 Å². The maximum atomic E-state index is 11.3. The van der Waals surface area contributed by atoms with Gasteiger partial charge in [-0.05, 0) is 44.4 Å². The number of benzene rings is 1. The van der Waals surface area contributed by atoms with Crippen LogP contribution in [0.2, 0.25) is 0 Å². The van der Waals surface area contributed by atoms with Crippen LogP contribution in [0.25, 0.3) is 0 Å². The molecule has 1 aliphatic heterocycles. The molecule has 3 nitrogen and oxygen atoms in total. The number of rotatable bonds is 2. The van der Waals surface area contributed by atoms with E-state index in [-0.39, 0.29) is 0 Å². The summed E-state index contributed by atoms with van der Waals surface area (Å²) in [5.41, 5.74) is 2.34. The first kappa shape index (κ1) is 11.0. The van der Waals surface area contributed by atoms with E-state index >= 15 is 0 Å². The van der Waals surface area contributed by atoms with Crippen LogP contribution in [0.15, 0.2) is 18.2 Å². The van der Waals surface area contributed by atoms with E-state index in [0.717, 1.165) is 23.2 Å². The zero-order valence-corrected chi connectivity index (χ0v) is 9.87. The third-order valence-electron chi connectivity index (χ3n) is 3.30. The number of carbonyl (C=O) groups is 1. The summed E-state index contributed by atoms with van der Waals surface area (Å²) >= 11 is 0. The smallest absolute Gasteiger partial charge is 0.313 e. The summed E-state index contributed by atoms with van der Waals surface area (Å²) in [7, 11) is 0. The van der Waals surface area contributed by atoms with Crippen molar-refractivity contribution in [1.82, 2.24) is 0 Å². The minimum absolute atomic E-state index is 0.390. The fraction of sp³-hybridized carbons (Fsp3) is 0.462. The summed E-state index contributed by atoms with van der Waals surface area (Å²) in [6, 6.07) is 6.25. The predicted octanol–water partition coefficient (Wildman–Crippen LogP) is 2.41. The Kier molecular flexibility index (Phi) is 2.41. The van der Waals surface area contributed by atoms with Gasteiger partial charge < -0.3 is 10.4 Å². The molecule has 1 atom stereocenters. The van der Waals surface area contributed by atoms with Gasteiger partial charge in [0.1, 0.15) is 0 Å². The Labute approximate surface area is 95.5 Å². The lowest BCUT2D eigenvalue weighted by Crippen LogP contribution is -2.29. The van der Waals surface area contributed by atoms with Crippen LogP contribution in [-0.2, 0) is 16.6 Å². The summed E-state index contributed by atoms with van der Waals surface area (Å²) < 4.78 is 0. The molecule has 16 heavy (non-hydrogen) atoms. The van der Waals surface area contributed by atoms with Crippen LogP contribution in [-0.4, -0.2) is 17.1 Å². The van der Waals surface area contributed by atoms with Gasteiger partial charge in [-0.1, -0.05) is 12.1 Å². The van der Waals surface area contributed by atoms with Gasteiger partial charge in [-0.25, -0.2) is 0 Å². The fourth-order valence-electron chi connectivity index (χ4n) is 2.27. The van der Waals surface area contributed by atoms with Crippen molar-refractivity contribution in [3.05, 3.63) is 29.3 Å². The number of carboxylic acids is 1. The van der Waals surface area contributed by atoms with Gasteiger partial charge in [0, 0.05) is 11.7 Å². The third-order valence-corrected chi connectivity index (χ3v) is 3.30. The van der Waals surface area contributed by atoms with E-state index in [9.17, 15) is 9.90 Å². The van der Waals surface area contributed by atoms with E-state index in [1.165, 1.54) is 0 Å². The van der Waals surface area contributed by atoms with Gasteiger partial charge in [0.05, 0.1) is 5.41 Å². The first-order valence-electron chi connectivity index (χ1n) is 5.55. The summed E-state index contributed by atoms with van der Waals surface area (Å²) in [5, 5.41) is 12.6. The summed E-state index contributed by atoms with van der Waals surface area (Å²) in [5.74, 6) is -0.777. The van der Waals surface area contributed by atoms with Crippen LogP contribution in [0.5, 0.6) is 0 Å². The minimum atomic E-state index is -0.822. The molecule has 0 saturated heterocycles. The fourth-order valence-corrected chi connectivity index (χ4v) is 2.27. The summed E-state index contributed by atoms with van der Waals surface area (Å²) in [4.78, 5) is 11.3. The zero-order valence-electron chi connectivity index (χ0n) is 9.87. The largest absolute Gasteiger partial charge is 0.481 e. The van der Waals surface area contributed by atoms with Gasteiger partial charge in [-0.2, -0.15) is 0 Å². The molecule has 0 aromatic heterocycles. The normalized spacial score (nSPS) is 19.1. The van der Waals surface area contributed by atoms with E-state index in [1.807, 2.05) is 18.2 Å². The van der Waals surface area contributed by atoms with Gasteiger partial charge >= 0.3 is 5.97 Å². The lowest BCUT2D eigenvalue weighted by Gasteiger charge is -2.22. The Bertz CT molecular complexity index is 438. The Balaban J connectivity index is 2.52. The summed E-state index contributed by atoms with van der Waals surface area (Å²) in [6.45, 7) is 5.62. The van der Waals surface area contributed by atoms with Gasteiger partial charge in [-0.3, -0.25) is 4.79 Å². The molecule has 0 spiro atoms. The van der Waals surface area contributed by atoms with Crippen molar-refractivity contribution in [2.24, 2.45) is 0 Å². The number of fused-ring (bicyclic) bond motifs is 1. The molecule has 0 radical (unpaired) electrons. The van der Waals surface area contributed by atoms with Crippen LogP contribution in [0.3, 0.4) is 0 Å². The second kappa shape index (κ2) is 3.51. The van der Waals surface area contributed by atoms with Gasteiger partial charge in [0.15, 0.2) is 0 Å². The monoisotopic (exact) mass is 219 g/mol. The molecular weight excluding hydrogens is 202 g/mol. The molecule has 1 heterocycles. The quantitative estimate of drug-likeness (QED) is 0.803. The molecule has 86 valence electrons. The SMILES string of the molecule is CC1Cc2c(cccc2C(C)(C)C(=O)O)N1. The lowest BCUT2D eigenvalue weighted by molar-refractivity contribution is -0.142. The number of aliphatic carboxylic acids is 1. The molecule has 1 aliphatic rings. The highest BCUT2D eigenvalue weighted by atomic mass is 16.4. The average Bonchev–Trinajstić information content (AvgIpc) is 2.56. The third kappa shape index (κ3) is 1.56. The highest BCUT2D eigenvalue weighted by Crippen LogP contribution is 2.35. The molecule has 2 N–H and O–H groups in total. The van der Waals surface area contributed by atoms with E-state index < -0.39 is 11.4 Å². The molecule has 3 heteroatoms. The maximum Gasteiger partial charge on any atom is 0.313 e. The highest BCUT2D eigenvalue weighted by Gasteiger charge is 2.34. The standard InChI is InChI=1S/C13H17NO2/c1-8-7-9-10(13(2,3)12(15)16)5-4-6-11(9)14-8/h4-6,8,14H,7H2,1-3H3,(H,15,16). The van der Waals surface area contributed by atoms with Gasteiger partial charge in [-0.15, -0.1) is 0 Å². The van der Waals surface area contributed by atoms with E-state index in [1.54, 1.807) is 13.8 Å². The minimum Gasteiger partial charge on any atom is -0.481 e. The van der Waals surface area contributed by atoms with Crippen molar-refractivity contribution in [3.63, 3.8) is 0 Å². The first-order chi connectivity index (χ1) is 7.43. The molecule has 0 aliphatic carbocycles. The Morgan fingerprint density at radius 3 is 2.81 bits per heavy atom. The Morgan fingerprint density at radius 2 is 2.19 bits per heavy atom. The number of anilines is 1. The number of nitrogens with one attached hydrogen (secondary N) is 1. The van der Waals surface area contributed by atoms with Crippen molar-refractivity contribution >= 4 is 11.7 Å². The average molecular weight is 219 g/mol. The van der Waals surface area contributed by atoms with Crippen molar-refractivity contribution in [1.29, 1.82) is 0 Å². The van der Waals surface area contributed by atoms with Crippen LogP contribution in [0.1, 0.15) is 31.9 Å². The van der Waals surface area contributed by atoms with Crippen LogP contribution < -0.4 is 5.32 Å². The predicted molar refractivity (Wildman–Crippen MR) is 63.9 cm³/mol. The van der Waals surface area contributed by atoms with E-state index in [0.29, 0.717) is 6.04 Å². The molecule has 2 rings (SSSR count). The molecule has 1 unspecified atom stereocenters. The van der Waals surface area contributed by atoms with Crippen molar-refractivity contribution in [2.75, 3.05) is 5.32 Å². The molecule has 0 amide bonds. The van der Waals surface area contributed by atoms with Crippen LogP contribution in [0.4, 0.5) is 5.69 Å². The van der Waals surface area contributed by atoms with E-state index in [2.05, 4.69) is 12.2 Å². The lowest BCUT2D eigenvalue weighted by atomic mass is 9.81. The van der Waals surface area contributed by atoms with Crippen LogP contribution >= 0.6 is 0 Å². The number of hydrogen-bond acceptors (Lipinski definition) is 2. The molecule has 1 aromatic carbocycles. The second-order valence-electron chi connectivity index (χ2n) is 5.01. The van der Waals surface area contributed by atoms with Gasteiger partial charge in [0.25, 0.3) is 0 Å². The molecule has 0 saturated carbocycles. The Hall–Kier alpha value is -1.51. The number of carboxylic acid groups (broad SMARTS) is 1. The second-order valence-corrected chi connectivity index (χ2v) is 5.01. The van der Waals surface area contributed by atoms with Crippen molar-refractivity contribution in [2.45, 2.75) is 38.6 Å². The summed E-state index contributed by atoms with van der Waals surface area (Å²) in [6.07, 6.45) is 0.905. The molecule has 1 aromatic rings. The van der Waals surface area contributed by atoms with Crippen molar-refractivity contribution < 1.29 is 9.90 Å². The molecule has 0 bridgehead atoms. The Morgan fingerprint density at radius 1 is 1.50 bits per heavy atom.